The van der Waals surface area contributed by atoms with Gasteiger partial charge >= 0.3 is 0 Å². The van der Waals surface area contributed by atoms with E-state index >= 15 is 0 Å². The Balaban J connectivity index is 2.01. The minimum atomic E-state index is -0.338. The topological polar surface area (TPSA) is 86.2 Å². The molecule has 1 fully saturated rings. The highest BCUT2D eigenvalue weighted by Crippen LogP contribution is 2.33. The quantitative estimate of drug-likeness (QED) is 0.811. The number of carbonyl (C=O) groups is 2. The van der Waals surface area contributed by atoms with E-state index in [-0.39, 0.29) is 17.7 Å². The first-order valence-corrected chi connectivity index (χ1v) is 8.25. The molecule has 1 saturated carbocycles. The zero-order valence-electron chi connectivity index (χ0n) is 13.1. The van der Waals surface area contributed by atoms with Gasteiger partial charge in [0.15, 0.2) is 0 Å². The highest BCUT2D eigenvalue weighted by atomic mass is 16.1. The summed E-state index contributed by atoms with van der Waals surface area (Å²) < 4.78 is 0. The fourth-order valence-corrected chi connectivity index (χ4v) is 3.39. The number of benzene rings is 1. The molecule has 4 N–H and O–H groups in total. The largest absolute Gasteiger partial charge is 0.370 e. The molecule has 4 heteroatoms. The average Bonchev–Trinajstić information content (AvgIpc) is 2.52. The van der Waals surface area contributed by atoms with Crippen molar-refractivity contribution in [3.63, 3.8) is 0 Å². The Morgan fingerprint density at radius 2 is 1.68 bits per heavy atom. The van der Waals surface area contributed by atoms with Gasteiger partial charge in [-0.2, -0.15) is 0 Å². The van der Waals surface area contributed by atoms with E-state index in [1.54, 1.807) is 0 Å². The number of hydrogen-bond acceptors (Lipinski definition) is 2. The van der Waals surface area contributed by atoms with Gasteiger partial charge in [-0.1, -0.05) is 43.5 Å². The lowest BCUT2D eigenvalue weighted by Crippen LogP contribution is -2.22. The molecular formula is C18H26N2O2. The fraction of sp³-hybridized carbons (Fsp3) is 0.556. The van der Waals surface area contributed by atoms with E-state index in [2.05, 4.69) is 12.1 Å². The zero-order chi connectivity index (χ0) is 15.9. The first-order chi connectivity index (χ1) is 10.6. The molecule has 1 aromatic rings. The summed E-state index contributed by atoms with van der Waals surface area (Å²) >= 11 is 0. The lowest BCUT2D eigenvalue weighted by Gasteiger charge is -2.22. The van der Waals surface area contributed by atoms with Gasteiger partial charge in [-0.15, -0.1) is 0 Å². The second-order valence-corrected chi connectivity index (χ2v) is 6.32. The van der Waals surface area contributed by atoms with E-state index < -0.39 is 0 Å². The van der Waals surface area contributed by atoms with Gasteiger partial charge in [0.1, 0.15) is 0 Å². The summed E-state index contributed by atoms with van der Waals surface area (Å²) in [7, 11) is 0. The molecule has 0 saturated heterocycles. The standard InChI is InChI=1S/C18H26N2O2/c19-17(21)8-4-7-16(18(20)22)15-11-9-14(10-12-15)13-5-2-1-3-6-13/h9-13,16H,1-8H2,(H2,19,21)(H2,20,22). The zero-order valence-corrected chi connectivity index (χ0v) is 13.1. The molecule has 120 valence electrons. The number of hydrogen-bond donors (Lipinski definition) is 2. The SMILES string of the molecule is NC(=O)CCCC(C(N)=O)c1ccc(C2CCCCC2)cc1. The lowest BCUT2D eigenvalue weighted by atomic mass is 9.83. The summed E-state index contributed by atoms with van der Waals surface area (Å²) in [5.41, 5.74) is 13.0. The van der Waals surface area contributed by atoms with Crippen LogP contribution in [0.2, 0.25) is 0 Å². The van der Waals surface area contributed by atoms with Crippen molar-refractivity contribution in [2.75, 3.05) is 0 Å². The van der Waals surface area contributed by atoms with Crippen molar-refractivity contribution < 1.29 is 9.59 Å². The van der Waals surface area contributed by atoms with Crippen molar-refractivity contribution in [2.24, 2.45) is 11.5 Å². The molecule has 0 radical (unpaired) electrons. The van der Waals surface area contributed by atoms with Crippen molar-refractivity contribution in [1.82, 2.24) is 0 Å². The Morgan fingerprint density at radius 3 is 2.23 bits per heavy atom. The Kier molecular flexibility index (Phi) is 5.99. The van der Waals surface area contributed by atoms with E-state index in [0.717, 1.165) is 5.56 Å². The monoisotopic (exact) mass is 302 g/mol. The van der Waals surface area contributed by atoms with Crippen LogP contribution in [0.1, 0.15) is 74.3 Å². The highest BCUT2D eigenvalue weighted by Gasteiger charge is 2.19. The molecule has 2 amide bonds. The molecule has 0 aromatic heterocycles. The number of nitrogens with two attached hydrogens (primary N) is 2. The van der Waals surface area contributed by atoms with Gasteiger partial charge in [-0.25, -0.2) is 0 Å². The van der Waals surface area contributed by atoms with Crippen LogP contribution in [0.25, 0.3) is 0 Å². The minimum Gasteiger partial charge on any atom is -0.370 e. The Hall–Kier alpha value is -1.84. The van der Waals surface area contributed by atoms with E-state index in [9.17, 15) is 9.59 Å². The van der Waals surface area contributed by atoms with Crippen molar-refractivity contribution in [2.45, 2.75) is 63.2 Å². The summed E-state index contributed by atoms with van der Waals surface area (Å²) in [6.45, 7) is 0. The molecular weight excluding hydrogens is 276 g/mol. The van der Waals surface area contributed by atoms with Crippen LogP contribution in [0.15, 0.2) is 24.3 Å². The van der Waals surface area contributed by atoms with Gasteiger partial charge in [0.05, 0.1) is 5.92 Å². The number of carbonyl (C=O) groups excluding carboxylic acids is 2. The van der Waals surface area contributed by atoms with E-state index in [1.165, 1.54) is 37.7 Å². The summed E-state index contributed by atoms with van der Waals surface area (Å²) in [5, 5.41) is 0. The van der Waals surface area contributed by atoms with Crippen molar-refractivity contribution >= 4 is 11.8 Å². The lowest BCUT2D eigenvalue weighted by molar-refractivity contribution is -0.120. The number of amides is 2. The Bertz CT molecular complexity index is 504. The smallest absolute Gasteiger partial charge is 0.224 e. The normalized spacial score (nSPS) is 17.1. The molecule has 0 spiro atoms. The molecule has 2 rings (SSSR count). The molecule has 0 bridgehead atoms. The van der Waals surface area contributed by atoms with Gasteiger partial charge < -0.3 is 11.5 Å². The van der Waals surface area contributed by atoms with Crippen LogP contribution in [0.5, 0.6) is 0 Å². The second-order valence-electron chi connectivity index (χ2n) is 6.32. The van der Waals surface area contributed by atoms with Gasteiger partial charge in [-0.3, -0.25) is 9.59 Å². The maximum atomic E-state index is 11.7. The predicted molar refractivity (Wildman–Crippen MR) is 87.2 cm³/mol. The third-order valence-electron chi connectivity index (χ3n) is 4.67. The summed E-state index contributed by atoms with van der Waals surface area (Å²) in [5.74, 6) is -0.352. The molecule has 0 aliphatic heterocycles. The number of primary amides is 2. The third kappa shape index (κ3) is 4.58. The molecule has 1 aromatic carbocycles. The molecule has 1 aliphatic carbocycles. The summed E-state index contributed by atoms with van der Waals surface area (Å²) in [6.07, 6.45) is 7.94. The second kappa shape index (κ2) is 7.97. The van der Waals surface area contributed by atoms with Gasteiger partial charge in [-0.05, 0) is 42.7 Å². The minimum absolute atomic E-state index is 0.296. The van der Waals surface area contributed by atoms with Crippen molar-refractivity contribution in [3.8, 4) is 0 Å². The first-order valence-electron chi connectivity index (χ1n) is 8.25. The van der Waals surface area contributed by atoms with Crippen LogP contribution in [0.3, 0.4) is 0 Å². The molecule has 22 heavy (non-hydrogen) atoms. The van der Waals surface area contributed by atoms with Crippen LogP contribution < -0.4 is 11.5 Å². The number of rotatable bonds is 7. The fourth-order valence-electron chi connectivity index (χ4n) is 3.39. The average molecular weight is 302 g/mol. The van der Waals surface area contributed by atoms with Gasteiger partial charge in [0.25, 0.3) is 0 Å². The maximum absolute atomic E-state index is 11.7. The van der Waals surface area contributed by atoms with Gasteiger partial charge in [0.2, 0.25) is 11.8 Å². The van der Waals surface area contributed by atoms with Crippen LogP contribution >= 0.6 is 0 Å². The molecule has 1 atom stereocenters. The molecule has 0 heterocycles. The van der Waals surface area contributed by atoms with E-state index in [4.69, 9.17) is 11.5 Å². The Labute approximate surface area is 132 Å². The van der Waals surface area contributed by atoms with Crippen LogP contribution in [-0.2, 0) is 9.59 Å². The molecule has 1 aliphatic rings. The van der Waals surface area contributed by atoms with Crippen LogP contribution in [0.4, 0.5) is 0 Å². The van der Waals surface area contributed by atoms with Crippen LogP contribution in [-0.4, -0.2) is 11.8 Å². The first kappa shape index (κ1) is 16.5. The third-order valence-corrected chi connectivity index (χ3v) is 4.67. The van der Waals surface area contributed by atoms with E-state index in [0.29, 0.717) is 25.2 Å². The van der Waals surface area contributed by atoms with E-state index in [1.807, 2.05) is 12.1 Å². The predicted octanol–water partition coefficient (Wildman–Crippen LogP) is 2.96. The Morgan fingerprint density at radius 1 is 1.05 bits per heavy atom. The maximum Gasteiger partial charge on any atom is 0.224 e. The molecule has 1 unspecified atom stereocenters. The van der Waals surface area contributed by atoms with Gasteiger partial charge in [0, 0.05) is 6.42 Å². The summed E-state index contributed by atoms with van der Waals surface area (Å²) in [6, 6.07) is 8.30. The summed E-state index contributed by atoms with van der Waals surface area (Å²) in [4.78, 5) is 22.5. The highest BCUT2D eigenvalue weighted by molar-refractivity contribution is 5.82. The molecule has 4 nitrogen and oxygen atoms in total. The van der Waals surface area contributed by atoms with Crippen LogP contribution in [0, 0.1) is 0 Å². The van der Waals surface area contributed by atoms with Crippen molar-refractivity contribution in [1.29, 1.82) is 0 Å². The van der Waals surface area contributed by atoms with Crippen molar-refractivity contribution in [3.05, 3.63) is 35.4 Å².